The van der Waals surface area contributed by atoms with Gasteiger partial charge in [0, 0.05) is 17.3 Å². The minimum atomic E-state index is -2.77. The molecule has 1 aromatic heterocycles. The summed E-state index contributed by atoms with van der Waals surface area (Å²) in [5.41, 5.74) is -0.679. The molecule has 1 rings (SSSR count). The number of hydrogen-bond donors (Lipinski definition) is 0. The number of pyridine rings is 1. The van der Waals surface area contributed by atoms with Gasteiger partial charge in [0.05, 0.1) is 5.02 Å². The van der Waals surface area contributed by atoms with E-state index in [0.29, 0.717) is 0 Å². The van der Waals surface area contributed by atoms with Crippen molar-refractivity contribution in [3.05, 3.63) is 28.3 Å². The van der Waals surface area contributed by atoms with E-state index in [4.69, 9.17) is 11.6 Å². The highest BCUT2D eigenvalue weighted by molar-refractivity contribution is 6.31. The van der Waals surface area contributed by atoms with E-state index in [1.807, 2.05) is 0 Å². The SMILES string of the molecule is Cc1c(F)ncc(Cl)c1C(F)F. The van der Waals surface area contributed by atoms with Gasteiger partial charge in [-0.1, -0.05) is 11.6 Å². The molecule has 1 nitrogen and oxygen atoms in total. The van der Waals surface area contributed by atoms with Gasteiger partial charge in [-0.05, 0) is 6.92 Å². The number of halogens is 4. The van der Waals surface area contributed by atoms with Crippen molar-refractivity contribution < 1.29 is 13.2 Å². The zero-order chi connectivity index (χ0) is 9.30. The van der Waals surface area contributed by atoms with Gasteiger partial charge in [0.2, 0.25) is 5.95 Å². The van der Waals surface area contributed by atoms with Crippen LogP contribution in [0.2, 0.25) is 5.02 Å². The van der Waals surface area contributed by atoms with Gasteiger partial charge >= 0.3 is 0 Å². The van der Waals surface area contributed by atoms with Crippen molar-refractivity contribution in [2.24, 2.45) is 0 Å². The third-order valence-corrected chi connectivity index (χ3v) is 1.78. The van der Waals surface area contributed by atoms with Crippen molar-refractivity contribution in [1.82, 2.24) is 4.98 Å². The van der Waals surface area contributed by atoms with Crippen LogP contribution in [0.15, 0.2) is 6.20 Å². The molecule has 0 amide bonds. The number of rotatable bonds is 1. The molecule has 0 aliphatic heterocycles. The molecule has 1 aromatic rings. The summed E-state index contributed by atoms with van der Waals surface area (Å²) in [7, 11) is 0. The van der Waals surface area contributed by atoms with Crippen LogP contribution in [0.3, 0.4) is 0 Å². The lowest BCUT2D eigenvalue weighted by atomic mass is 10.1. The number of hydrogen-bond acceptors (Lipinski definition) is 1. The minimum absolute atomic E-state index is 0.197. The largest absolute Gasteiger partial charge is 0.265 e. The topological polar surface area (TPSA) is 12.9 Å². The Hall–Kier alpha value is -0.770. The zero-order valence-corrected chi connectivity index (χ0v) is 6.87. The van der Waals surface area contributed by atoms with Crippen LogP contribution < -0.4 is 0 Å². The Balaban J connectivity index is 3.33. The van der Waals surface area contributed by atoms with Gasteiger partial charge in [-0.15, -0.1) is 0 Å². The van der Waals surface area contributed by atoms with Crippen molar-refractivity contribution in [1.29, 1.82) is 0 Å². The predicted molar refractivity (Wildman–Crippen MR) is 38.9 cm³/mol. The van der Waals surface area contributed by atoms with E-state index < -0.39 is 17.9 Å². The molecule has 0 aliphatic rings. The summed E-state index contributed by atoms with van der Waals surface area (Å²) in [6, 6.07) is 0. The normalized spacial score (nSPS) is 10.8. The van der Waals surface area contributed by atoms with E-state index in [1.165, 1.54) is 6.92 Å². The van der Waals surface area contributed by atoms with Crippen molar-refractivity contribution in [3.8, 4) is 0 Å². The molecule has 0 bridgehead atoms. The van der Waals surface area contributed by atoms with Crippen LogP contribution in [0, 0.1) is 12.9 Å². The Labute approximate surface area is 72.2 Å². The van der Waals surface area contributed by atoms with E-state index in [9.17, 15) is 13.2 Å². The van der Waals surface area contributed by atoms with Crippen LogP contribution in [0.1, 0.15) is 17.6 Å². The Bertz CT molecular complexity index is 301. The molecule has 12 heavy (non-hydrogen) atoms. The molecule has 0 fully saturated rings. The van der Waals surface area contributed by atoms with Crippen molar-refractivity contribution in [2.75, 3.05) is 0 Å². The lowest BCUT2D eigenvalue weighted by Crippen LogP contribution is -1.97. The van der Waals surface area contributed by atoms with Crippen molar-refractivity contribution >= 4 is 11.6 Å². The lowest BCUT2D eigenvalue weighted by Gasteiger charge is -2.06. The molecule has 0 aliphatic carbocycles. The van der Waals surface area contributed by atoms with Gasteiger partial charge in [-0.3, -0.25) is 0 Å². The monoisotopic (exact) mass is 195 g/mol. The molecule has 0 unspecified atom stereocenters. The maximum Gasteiger partial charge on any atom is 0.265 e. The average molecular weight is 196 g/mol. The molecule has 0 aromatic carbocycles. The summed E-state index contributed by atoms with van der Waals surface area (Å²) in [5, 5.41) is -0.205. The van der Waals surface area contributed by atoms with Crippen LogP contribution in [-0.4, -0.2) is 4.98 Å². The van der Waals surface area contributed by atoms with Gasteiger partial charge in [-0.2, -0.15) is 4.39 Å². The molecule has 66 valence electrons. The second kappa shape index (κ2) is 3.31. The molecule has 0 spiro atoms. The Morgan fingerprint density at radius 3 is 2.50 bits per heavy atom. The fourth-order valence-corrected chi connectivity index (χ4v) is 1.11. The van der Waals surface area contributed by atoms with Crippen LogP contribution in [0.25, 0.3) is 0 Å². The summed E-state index contributed by atoms with van der Waals surface area (Å²) >= 11 is 5.39. The highest BCUT2D eigenvalue weighted by atomic mass is 35.5. The Morgan fingerprint density at radius 1 is 1.50 bits per heavy atom. The highest BCUT2D eigenvalue weighted by Crippen LogP contribution is 2.29. The first-order chi connectivity index (χ1) is 5.54. The maximum absolute atomic E-state index is 12.6. The Kier molecular flexibility index (Phi) is 2.57. The summed E-state index contributed by atoms with van der Waals surface area (Å²) in [4.78, 5) is 3.19. The van der Waals surface area contributed by atoms with Gasteiger partial charge < -0.3 is 0 Å². The molecule has 5 heteroatoms. The molecule has 0 N–H and O–H groups in total. The van der Waals surface area contributed by atoms with Gasteiger partial charge in [0.1, 0.15) is 0 Å². The summed E-state index contributed by atoms with van der Waals surface area (Å²) in [5.74, 6) is -0.908. The fraction of sp³-hybridized carbons (Fsp3) is 0.286. The van der Waals surface area contributed by atoms with E-state index >= 15 is 0 Å². The van der Waals surface area contributed by atoms with Gasteiger partial charge in [-0.25, -0.2) is 13.8 Å². The first-order valence-corrected chi connectivity index (χ1v) is 3.50. The number of nitrogens with zero attached hydrogens (tertiary/aromatic N) is 1. The van der Waals surface area contributed by atoms with Gasteiger partial charge in [0.25, 0.3) is 6.43 Å². The fourth-order valence-electron chi connectivity index (χ4n) is 0.838. The third kappa shape index (κ3) is 1.53. The summed E-state index contributed by atoms with van der Waals surface area (Å²) < 4.78 is 37.0. The maximum atomic E-state index is 12.6. The highest BCUT2D eigenvalue weighted by Gasteiger charge is 2.18. The van der Waals surface area contributed by atoms with E-state index in [0.717, 1.165) is 6.20 Å². The van der Waals surface area contributed by atoms with E-state index in [1.54, 1.807) is 0 Å². The van der Waals surface area contributed by atoms with Crippen LogP contribution in [0.4, 0.5) is 13.2 Å². The Morgan fingerprint density at radius 2 is 2.08 bits per heavy atom. The molecule has 1 heterocycles. The first kappa shape index (κ1) is 9.32. The molecular formula is C7H5ClF3N. The molecule has 0 atom stereocenters. The summed E-state index contributed by atoms with van der Waals surface area (Å²) in [6.45, 7) is 1.22. The number of alkyl halides is 2. The minimum Gasteiger partial charge on any atom is -0.227 e. The second-order valence-electron chi connectivity index (χ2n) is 2.24. The first-order valence-electron chi connectivity index (χ1n) is 3.12. The number of aromatic nitrogens is 1. The van der Waals surface area contributed by atoms with Crippen LogP contribution in [0.5, 0.6) is 0 Å². The third-order valence-electron chi connectivity index (χ3n) is 1.48. The summed E-state index contributed by atoms with van der Waals surface area (Å²) in [6.07, 6.45) is -1.89. The predicted octanol–water partition coefficient (Wildman–Crippen LogP) is 3.12. The van der Waals surface area contributed by atoms with Crippen LogP contribution in [-0.2, 0) is 0 Å². The van der Waals surface area contributed by atoms with Crippen LogP contribution >= 0.6 is 11.6 Å². The van der Waals surface area contributed by atoms with E-state index in [2.05, 4.69) is 4.98 Å². The molecular weight excluding hydrogens is 191 g/mol. The van der Waals surface area contributed by atoms with Crippen molar-refractivity contribution in [3.63, 3.8) is 0 Å². The molecule has 0 radical (unpaired) electrons. The van der Waals surface area contributed by atoms with Crippen molar-refractivity contribution in [2.45, 2.75) is 13.3 Å². The van der Waals surface area contributed by atoms with Gasteiger partial charge in [0.15, 0.2) is 0 Å². The molecule has 0 saturated heterocycles. The quantitative estimate of drug-likeness (QED) is 0.628. The molecule has 0 saturated carbocycles. The zero-order valence-electron chi connectivity index (χ0n) is 6.11. The van der Waals surface area contributed by atoms with E-state index in [-0.39, 0.29) is 10.6 Å². The smallest absolute Gasteiger partial charge is 0.227 e. The standard InChI is InChI=1S/C7H5ClF3N/c1-3-5(6(9)10)4(8)2-12-7(3)11/h2,6H,1H3. The second-order valence-corrected chi connectivity index (χ2v) is 2.64. The average Bonchev–Trinajstić information content (AvgIpc) is 1.97. The lowest BCUT2D eigenvalue weighted by molar-refractivity contribution is 0.150.